The van der Waals surface area contributed by atoms with Crippen molar-refractivity contribution in [1.82, 2.24) is 15.5 Å². The quantitative estimate of drug-likeness (QED) is 0.570. The summed E-state index contributed by atoms with van der Waals surface area (Å²) in [5.41, 5.74) is 4.77. The van der Waals surface area contributed by atoms with Crippen LogP contribution < -0.4 is 11.1 Å². The van der Waals surface area contributed by atoms with Crippen molar-refractivity contribution in [2.75, 3.05) is 5.75 Å². The van der Waals surface area contributed by atoms with E-state index in [1.807, 2.05) is 13.8 Å². The van der Waals surface area contributed by atoms with Gasteiger partial charge in [-0.15, -0.1) is 16.6 Å². The van der Waals surface area contributed by atoms with Crippen LogP contribution in [0.2, 0.25) is 0 Å². The van der Waals surface area contributed by atoms with Crippen LogP contribution in [0.3, 0.4) is 0 Å². The number of nitrogens with two attached hydrogens (primary N) is 1. The molecule has 3 N–H and O–H groups in total. The second-order valence-electron chi connectivity index (χ2n) is 3.94. The van der Waals surface area contributed by atoms with E-state index in [0.717, 1.165) is 11.8 Å². The summed E-state index contributed by atoms with van der Waals surface area (Å²) in [4.78, 5) is 11.8. The Morgan fingerprint density at radius 3 is 2.68 bits per heavy atom. The molecule has 0 unspecified atom stereocenters. The lowest BCUT2D eigenvalue weighted by Crippen LogP contribution is -2.47. The van der Waals surface area contributed by atoms with Crippen LogP contribution in [0.15, 0.2) is 9.64 Å². The molecule has 7 heteroatoms. The van der Waals surface area contributed by atoms with E-state index in [9.17, 15) is 4.79 Å². The van der Waals surface area contributed by atoms with Gasteiger partial charge in [0.05, 0.1) is 12.3 Å². The second-order valence-corrected chi connectivity index (χ2v) is 4.86. The number of amides is 1. The van der Waals surface area contributed by atoms with E-state index in [1.165, 1.54) is 0 Å². The van der Waals surface area contributed by atoms with E-state index in [4.69, 9.17) is 16.6 Å². The first kappa shape index (κ1) is 15.5. The van der Waals surface area contributed by atoms with Gasteiger partial charge < -0.3 is 15.5 Å². The molecule has 0 aliphatic carbocycles. The monoisotopic (exact) mass is 282 g/mol. The zero-order chi connectivity index (χ0) is 14.3. The highest BCUT2D eigenvalue weighted by Gasteiger charge is 2.25. The number of terminal acetylenes is 1. The number of nitrogens with one attached hydrogen (secondary N) is 1. The van der Waals surface area contributed by atoms with E-state index >= 15 is 0 Å². The molecule has 19 heavy (non-hydrogen) atoms. The maximum atomic E-state index is 11.8. The Kier molecular flexibility index (Phi) is 5.86. The van der Waals surface area contributed by atoms with Crippen molar-refractivity contribution in [3.63, 3.8) is 0 Å². The maximum absolute atomic E-state index is 11.8. The summed E-state index contributed by atoms with van der Waals surface area (Å²) in [6.45, 7) is 4.08. The highest BCUT2D eigenvalue weighted by atomic mass is 32.2. The molecule has 0 aliphatic rings. The zero-order valence-electron chi connectivity index (χ0n) is 11.1. The number of aromatic nitrogens is 2. The molecule has 1 heterocycles. The van der Waals surface area contributed by atoms with Crippen LogP contribution in [0, 0.1) is 12.3 Å². The number of hydrogen-bond acceptors (Lipinski definition) is 6. The Bertz CT molecular complexity index is 463. The average molecular weight is 282 g/mol. The third kappa shape index (κ3) is 4.26. The molecule has 0 saturated heterocycles. The van der Waals surface area contributed by atoms with Gasteiger partial charge in [-0.3, -0.25) is 4.79 Å². The molecular weight excluding hydrogens is 264 g/mol. The Hall–Kier alpha value is -1.52. The molecule has 1 aromatic heterocycles. The largest absolute Gasteiger partial charge is 0.415 e. The van der Waals surface area contributed by atoms with Gasteiger partial charge in [-0.2, -0.15) is 0 Å². The number of nitrogens with zero attached hydrogens (tertiary/aromatic N) is 2. The first-order valence-corrected chi connectivity index (χ1v) is 7.01. The predicted molar refractivity (Wildman–Crippen MR) is 73.2 cm³/mol. The van der Waals surface area contributed by atoms with E-state index in [-0.39, 0.29) is 18.2 Å². The summed E-state index contributed by atoms with van der Waals surface area (Å²) < 4.78 is 5.19. The number of carbonyl (C=O) groups is 1. The third-order valence-electron chi connectivity index (χ3n) is 2.81. The minimum atomic E-state index is -0.574. The van der Waals surface area contributed by atoms with Gasteiger partial charge in [0.15, 0.2) is 0 Å². The molecule has 0 atom stereocenters. The van der Waals surface area contributed by atoms with Gasteiger partial charge >= 0.3 is 0 Å². The molecule has 0 aliphatic heterocycles. The van der Waals surface area contributed by atoms with Gasteiger partial charge in [-0.05, 0) is 12.8 Å². The molecule has 1 rings (SSSR count). The summed E-state index contributed by atoms with van der Waals surface area (Å²) in [6.07, 6.45) is 6.86. The molecule has 1 amide bonds. The van der Waals surface area contributed by atoms with Crippen LogP contribution in [0.1, 0.15) is 32.6 Å². The molecule has 0 bridgehead atoms. The molecule has 0 spiro atoms. The van der Waals surface area contributed by atoms with Crippen molar-refractivity contribution in [2.24, 2.45) is 5.73 Å². The van der Waals surface area contributed by atoms with Crippen LogP contribution in [0.25, 0.3) is 0 Å². The fourth-order valence-electron chi connectivity index (χ4n) is 1.48. The van der Waals surface area contributed by atoms with Crippen molar-refractivity contribution in [2.45, 2.75) is 44.0 Å². The smallest absolute Gasteiger partial charge is 0.277 e. The van der Waals surface area contributed by atoms with Crippen molar-refractivity contribution < 1.29 is 9.21 Å². The summed E-state index contributed by atoms with van der Waals surface area (Å²) in [5, 5.41) is 10.7. The second kappa shape index (κ2) is 7.16. The van der Waals surface area contributed by atoms with Gasteiger partial charge in [-0.25, -0.2) is 0 Å². The molecule has 1 aromatic rings. The van der Waals surface area contributed by atoms with Crippen molar-refractivity contribution >= 4 is 17.7 Å². The van der Waals surface area contributed by atoms with Crippen LogP contribution in [-0.2, 0) is 11.3 Å². The number of thioether (sulfide) groups is 1. The summed E-state index contributed by atoms with van der Waals surface area (Å²) in [7, 11) is 0. The summed E-state index contributed by atoms with van der Waals surface area (Å²) in [5.74, 6) is 3.02. The average Bonchev–Trinajstić information content (AvgIpc) is 2.91. The van der Waals surface area contributed by atoms with E-state index in [0.29, 0.717) is 24.0 Å². The number of carbonyl (C=O) groups excluding carboxylic acids is 1. The van der Waals surface area contributed by atoms with E-state index < -0.39 is 5.54 Å². The molecule has 6 nitrogen and oxygen atoms in total. The van der Waals surface area contributed by atoms with Crippen LogP contribution in [-0.4, -0.2) is 27.4 Å². The highest BCUT2D eigenvalue weighted by molar-refractivity contribution is 7.99. The number of hydrogen-bond donors (Lipinski definition) is 2. The normalized spacial score (nSPS) is 11.1. The summed E-state index contributed by atoms with van der Waals surface area (Å²) in [6, 6.07) is 0. The lowest BCUT2D eigenvalue weighted by molar-refractivity contribution is -0.119. The molecular formula is C12H18N4O2S. The molecule has 0 saturated carbocycles. The van der Waals surface area contributed by atoms with Crippen LogP contribution in [0.5, 0.6) is 0 Å². The first-order chi connectivity index (χ1) is 9.09. The van der Waals surface area contributed by atoms with Gasteiger partial charge in [0.25, 0.3) is 5.22 Å². The Morgan fingerprint density at radius 1 is 1.53 bits per heavy atom. The van der Waals surface area contributed by atoms with E-state index in [1.54, 1.807) is 0 Å². The zero-order valence-corrected chi connectivity index (χ0v) is 11.9. The molecule has 0 radical (unpaired) electrons. The van der Waals surface area contributed by atoms with Gasteiger partial charge in [0.2, 0.25) is 11.8 Å². The standard InChI is InChI=1S/C12H18N4O2S/c1-4-12(5-2,6-3)14-9(17)8-19-11-16-15-10(7-13)18-11/h1H,5-8,13H2,2-3H3,(H,14,17). The maximum Gasteiger partial charge on any atom is 0.277 e. The minimum Gasteiger partial charge on any atom is -0.415 e. The fraction of sp³-hybridized carbons (Fsp3) is 0.583. The molecule has 0 aromatic carbocycles. The number of rotatable bonds is 7. The third-order valence-corrected chi connectivity index (χ3v) is 3.63. The molecule has 104 valence electrons. The van der Waals surface area contributed by atoms with Crippen molar-refractivity contribution in [1.29, 1.82) is 0 Å². The van der Waals surface area contributed by atoms with Crippen molar-refractivity contribution in [3.8, 4) is 12.3 Å². The van der Waals surface area contributed by atoms with Crippen molar-refractivity contribution in [3.05, 3.63) is 5.89 Å². The fourth-order valence-corrected chi connectivity index (χ4v) is 2.06. The van der Waals surface area contributed by atoms with Gasteiger partial charge in [-0.1, -0.05) is 31.5 Å². The van der Waals surface area contributed by atoms with Gasteiger partial charge in [0, 0.05) is 0 Å². The Morgan fingerprint density at radius 2 is 2.21 bits per heavy atom. The highest BCUT2D eigenvalue weighted by Crippen LogP contribution is 2.17. The lowest BCUT2D eigenvalue weighted by Gasteiger charge is -2.26. The van der Waals surface area contributed by atoms with Gasteiger partial charge in [0.1, 0.15) is 5.54 Å². The summed E-state index contributed by atoms with van der Waals surface area (Å²) >= 11 is 1.16. The van der Waals surface area contributed by atoms with Crippen LogP contribution in [0.4, 0.5) is 0 Å². The molecule has 0 fully saturated rings. The van der Waals surface area contributed by atoms with Crippen LogP contribution >= 0.6 is 11.8 Å². The predicted octanol–water partition coefficient (Wildman–Crippen LogP) is 0.929. The minimum absolute atomic E-state index is 0.154. The lowest BCUT2D eigenvalue weighted by atomic mass is 9.94. The van der Waals surface area contributed by atoms with E-state index in [2.05, 4.69) is 21.4 Å². The SMILES string of the molecule is C#CC(CC)(CC)NC(=O)CSc1nnc(CN)o1. The Labute approximate surface area is 116 Å². The first-order valence-electron chi connectivity index (χ1n) is 6.03. The topological polar surface area (TPSA) is 94.0 Å². The Balaban J connectivity index is 2.50.